The highest BCUT2D eigenvalue weighted by molar-refractivity contribution is 6.23. The summed E-state index contributed by atoms with van der Waals surface area (Å²) in [4.78, 5) is 19.4. The normalized spacial score (nSPS) is 29.1. The van der Waals surface area contributed by atoms with Gasteiger partial charge in [-0.3, -0.25) is 4.79 Å². The Hall–Kier alpha value is -1.38. The largest absolute Gasteiger partial charge is 0.427 e. The molecular weight excluding hydrogens is 319 g/mol. The predicted molar refractivity (Wildman–Crippen MR) is 96.3 cm³/mol. The van der Waals surface area contributed by atoms with E-state index in [1.165, 1.54) is 0 Å². The van der Waals surface area contributed by atoms with Gasteiger partial charge in [0.05, 0.1) is 6.33 Å². The molecule has 2 N–H and O–H groups in total. The molecule has 1 heterocycles. The van der Waals surface area contributed by atoms with Crippen LogP contribution in [-0.4, -0.2) is 64.9 Å². The van der Waals surface area contributed by atoms with Crippen LogP contribution in [0.5, 0.6) is 0 Å². The van der Waals surface area contributed by atoms with Gasteiger partial charge in [0.2, 0.25) is 0 Å². The molecule has 0 atom stereocenters. The number of aliphatic hydroxyl groups excluding tert-OH is 1. The summed E-state index contributed by atoms with van der Waals surface area (Å²) in [7, 11) is 4.15. The molecule has 2 saturated carbocycles. The summed E-state index contributed by atoms with van der Waals surface area (Å²) >= 11 is 0. The standard InChI is InChI=1S/C17H29BN4O3/c1-21-9-16(19-11-21)17(24)22(15-7-12(8-15)10-23)14-5-3-13(4-6-14)20-18-25-2/h9,11-15,18,20,23H,3-8,10H2,1-2H3. The van der Waals surface area contributed by atoms with E-state index in [0.717, 1.165) is 38.5 Å². The summed E-state index contributed by atoms with van der Waals surface area (Å²) < 4.78 is 6.91. The first-order chi connectivity index (χ1) is 12.1. The number of amides is 1. The number of aromatic nitrogens is 2. The number of carbonyl (C=O) groups excluding carboxylic acids is 1. The molecule has 7 nitrogen and oxygen atoms in total. The Bertz CT molecular complexity index is 568. The number of rotatable bonds is 7. The Morgan fingerprint density at radius 3 is 2.68 bits per heavy atom. The quantitative estimate of drug-likeness (QED) is 0.700. The first-order valence-electron chi connectivity index (χ1n) is 9.26. The fourth-order valence-corrected chi connectivity index (χ4v) is 4.12. The monoisotopic (exact) mass is 348 g/mol. The van der Waals surface area contributed by atoms with Crippen LogP contribution in [-0.2, 0) is 11.7 Å². The summed E-state index contributed by atoms with van der Waals surface area (Å²) in [6.07, 6.45) is 9.37. The minimum Gasteiger partial charge on any atom is -0.427 e. The lowest BCUT2D eigenvalue weighted by Crippen LogP contribution is -2.55. The van der Waals surface area contributed by atoms with Gasteiger partial charge in [-0.2, -0.15) is 0 Å². The van der Waals surface area contributed by atoms with Gasteiger partial charge in [-0.25, -0.2) is 4.98 Å². The third-order valence-corrected chi connectivity index (χ3v) is 5.63. The number of imidazole rings is 1. The van der Waals surface area contributed by atoms with Crippen molar-refractivity contribution in [3.63, 3.8) is 0 Å². The molecule has 25 heavy (non-hydrogen) atoms. The second-order valence-electron chi connectivity index (χ2n) is 7.45. The van der Waals surface area contributed by atoms with E-state index in [9.17, 15) is 9.90 Å². The first kappa shape index (κ1) is 18.4. The van der Waals surface area contributed by atoms with Crippen LogP contribution >= 0.6 is 0 Å². The minimum absolute atomic E-state index is 0.0373. The Labute approximate surface area is 150 Å². The third-order valence-electron chi connectivity index (χ3n) is 5.63. The van der Waals surface area contributed by atoms with Gasteiger partial charge < -0.3 is 24.5 Å². The van der Waals surface area contributed by atoms with Crippen molar-refractivity contribution in [1.29, 1.82) is 0 Å². The fraction of sp³-hybridized carbons (Fsp3) is 0.765. The van der Waals surface area contributed by atoms with Crippen LogP contribution in [0.25, 0.3) is 0 Å². The van der Waals surface area contributed by atoms with E-state index in [-0.39, 0.29) is 24.6 Å². The second kappa shape index (κ2) is 8.34. The topological polar surface area (TPSA) is 79.6 Å². The van der Waals surface area contributed by atoms with Crippen molar-refractivity contribution >= 4 is 13.5 Å². The zero-order valence-corrected chi connectivity index (χ0v) is 15.2. The molecule has 8 heteroatoms. The number of nitrogens with zero attached hydrogens (tertiary/aromatic N) is 3. The number of aliphatic hydroxyl groups is 1. The zero-order chi connectivity index (χ0) is 17.8. The van der Waals surface area contributed by atoms with Crippen molar-refractivity contribution in [3.8, 4) is 0 Å². The van der Waals surface area contributed by atoms with Crippen molar-refractivity contribution in [3.05, 3.63) is 18.2 Å². The molecule has 1 amide bonds. The van der Waals surface area contributed by atoms with Crippen molar-refractivity contribution in [2.75, 3.05) is 13.7 Å². The minimum atomic E-state index is 0.0373. The molecule has 1 aromatic heterocycles. The van der Waals surface area contributed by atoms with E-state index in [1.807, 2.05) is 11.6 Å². The Balaban J connectivity index is 1.66. The number of hydrogen-bond donors (Lipinski definition) is 2. The lowest BCUT2D eigenvalue weighted by atomic mass is 9.77. The maximum absolute atomic E-state index is 13.1. The van der Waals surface area contributed by atoms with Crippen LogP contribution in [0.3, 0.4) is 0 Å². The number of carbonyl (C=O) groups is 1. The summed E-state index contributed by atoms with van der Waals surface area (Å²) in [6, 6.07) is 0.967. The molecule has 2 fully saturated rings. The molecule has 0 radical (unpaired) electrons. The molecule has 0 bridgehead atoms. The lowest BCUT2D eigenvalue weighted by Gasteiger charge is -2.47. The van der Waals surface area contributed by atoms with Crippen molar-refractivity contribution in [1.82, 2.24) is 19.7 Å². The number of hydrogen-bond acceptors (Lipinski definition) is 5. The lowest BCUT2D eigenvalue weighted by molar-refractivity contribution is 0.00867. The van der Waals surface area contributed by atoms with Crippen molar-refractivity contribution in [2.45, 2.75) is 56.7 Å². The summed E-state index contributed by atoms with van der Waals surface area (Å²) in [5.41, 5.74) is 0.523. The molecule has 0 aliphatic heterocycles. The molecule has 2 aliphatic carbocycles. The van der Waals surface area contributed by atoms with Gasteiger partial charge in [0.25, 0.3) is 5.91 Å². The molecule has 0 spiro atoms. The molecule has 0 saturated heterocycles. The van der Waals surface area contributed by atoms with E-state index in [0.29, 0.717) is 25.3 Å². The highest BCUT2D eigenvalue weighted by Gasteiger charge is 2.40. The van der Waals surface area contributed by atoms with Gasteiger partial charge in [-0.15, -0.1) is 0 Å². The zero-order valence-electron chi connectivity index (χ0n) is 15.2. The van der Waals surface area contributed by atoms with Gasteiger partial charge in [-0.1, -0.05) is 0 Å². The Morgan fingerprint density at radius 1 is 1.40 bits per heavy atom. The van der Waals surface area contributed by atoms with Crippen LogP contribution < -0.4 is 5.23 Å². The number of nitrogens with one attached hydrogen (secondary N) is 1. The van der Waals surface area contributed by atoms with Gasteiger partial charge in [0.15, 0.2) is 0 Å². The van der Waals surface area contributed by atoms with Crippen LogP contribution in [0, 0.1) is 5.92 Å². The summed E-state index contributed by atoms with van der Waals surface area (Å²) in [6.45, 7) is 0.218. The molecule has 3 rings (SSSR count). The van der Waals surface area contributed by atoms with E-state index in [1.54, 1.807) is 19.6 Å². The SMILES string of the molecule is COBNC1CCC(N(C(=O)c2cn(C)cn2)C2CC(CO)C2)CC1. The van der Waals surface area contributed by atoms with E-state index >= 15 is 0 Å². The van der Waals surface area contributed by atoms with E-state index in [2.05, 4.69) is 15.1 Å². The Morgan fingerprint density at radius 2 is 2.12 bits per heavy atom. The van der Waals surface area contributed by atoms with Crippen LogP contribution in [0.4, 0.5) is 0 Å². The molecule has 138 valence electrons. The van der Waals surface area contributed by atoms with Gasteiger partial charge in [0.1, 0.15) is 5.69 Å². The molecule has 0 unspecified atom stereocenters. The second-order valence-corrected chi connectivity index (χ2v) is 7.45. The maximum Gasteiger partial charge on any atom is 0.360 e. The molecular formula is C17H29BN4O3. The molecule has 2 aliphatic rings. The highest BCUT2D eigenvalue weighted by atomic mass is 16.4. The number of aryl methyl sites for hydroxylation is 1. The van der Waals surface area contributed by atoms with Crippen molar-refractivity contribution in [2.24, 2.45) is 13.0 Å². The van der Waals surface area contributed by atoms with Crippen LogP contribution in [0.15, 0.2) is 12.5 Å². The van der Waals surface area contributed by atoms with Crippen molar-refractivity contribution < 1.29 is 14.6 Å². The van der Waals surface area contributed by atoms with E-state index in [4.69, 9.17) is 4.65 Å². The average Bonchev–Trinajstić information content (AvgIpc) is 3.02. The highest BCUT2D eigenvalue weighted by Crippen LogP contribution is 2.36. The van der Waals surface area contributed by atoms with Crippen LogP contribution in [0.1, 0.15) is 49.0 Å². The van der Waals surface area contributed by atoms with Gasteiger partial charge >= 0.3 is 7.62 Å². The Kier molecular flexibility index (Phi) is 6.14. The average molecular weight is 348 g/mol. The van der Waals surface area contributed by atoms with E-state index < -0.39 is 0 Å². The molecule has 0 aromatic carbocycles. The smallest absolute Gasteiger partial charge is 0.360 e. The maximum atomic E-state index is 13.1. The molecule has 1 aromatic rings. The fourth-order valence-electron chi connectivity index (χ4n) is 4.12. The predicted octanol–water partition coefficient (Wildman–Crippen LogP) is 0.447. The summed E-state index contributed by atoms with van der Waals surface area (Å²) in [5, 5.41) is 12.7. The van der Waals surface area contributed by atoms with Gasteiger partial charge in [0, 0.05) is 39.0 Å². The third kappa shape index (κ3) is 4.24. The first-order valence-corrected chi connectivity index (χ1v) is 9.26. The summed E-state index contributed by atoms with van der Waals surface area (Å²) in [5.74, 6) is 0.374. The van der Waals surface area contributed by atoms with Gasteiger partial charge in [-0.05, 0) is 50.5 Å². The van der Waals surface area contributed by atoms with Crippen LogP contribution in [0.2, 0.25) is 0 Å².